The largest absolute Gasteiger partial charge is 0.466 e. The standard InChI is InChI=1S/C14H13Cl2NO2/c1-7-8(2)19-9(3)13(7)14(18)17-10-4-5-11(15)12(16)6-10/h4-6H,1-3H3,(H,17,18). The quantitative estimate of drug-likeness (QED) is 0.868. The van der Waals surface area contributed by atoms with E-state index in [4.69, 9.17) is 27.6 Å². The van der Waals surface area contributed by atoms with E-state index in [1.807, 2.05) is 13.8 Å². The Morgan fingerprint density at radius 1 is 1.11 bits per heavy atom. The Morgan fingerprint density at radius 2 is 1.79 bits per heavy atom. The van der Waals surface area contributed by atoms with Gasteiger partial charge in [-0.15, -0.1) is 0 Å². The lowest BCUT2D eigenvalue weighted by Crippen LogP contribution is -2.13. The van der Waals surface area contributed by atoms with Crippen molar-refractivity contribution < 1.29 is 9.21 Å². The third-order valence-electron chi connectivity index (χ3n) is 2.97. The number of benzene rings is 1. The normalized spacial score (nSPS) is 10.6. The molecule has 0 bridgehead atoms. The van der Waals surface area contributed by atoms with Crippen molar-refractivity contribution in [3.05, 3.63) is 50.9 Å². The van der Waals surface area contributed by atoms with Crippen molar-refractivity contribution in [1.29, 1.82) is 0 Å². The van der Waals surface area contributed by atoms with Gasteiger partial charge in [0.05, 0.1) is 15.6 Å². The number of hydrogen-bond donors (Lipinski definition) is 1. The summed E-state index contributed by atoms with van der Waals surface area (Å²) in [6, 6.07) is 4.95. The highest BCUT2D eigenvalue weighted by Crippen LogP contribution is 2.26. The molecule has 1 N–H and O–H groups in total. The van der Waals surface area contributed by atoms with Crippen molar-refractivity contribution in [1.82, 2.24) is 0 Å². The highest BCUT2D eigenvalue weighted by atomic mass is 35.5. The first-order chi connectivity index (χ1) is 8.90. The van der Waals surface area contributed by atoms with Crippen LogP contribution < -0.4 is 5.32 Å². The number of furan rings is 1. The summed E-state index contributed by atoms with van der Waals surface area (Å²) in [4.78, 5) is 12.2. The lowest BCUT2D eigenvalue weighted by molar-refractivity contribution is 0.102. The van der Waals surface area contributed by atoms with Gasteiger partial charge in [-0.1, -0.05) is 23.2 Å². The van der Waals surface area contributed by atoms with E-state index in [2.05, 4.69) is 5.32 Å². The second-order valence-electron chi connectivity index (χ2n) is 4.30. The second-order valence-corrected chi connectivity index (χ2v) is 5.11. The number of halogens is 2. The van der Waals surface area contributed by atoms with Gasteiger partial charge in [0.1, 0.15) is 11.5 Å². The highest BCUT2D eigenvalue weighted by molar-refractivity contribution is 6.42. The predicted octanol–water partition coefficient (Wildman–Crippen LogP) is 4.76. The van der Waals surface area contributed by atoms with Crippen LogP contribution in [0.2, 0.25) is 10.0 Å². The van der Waals surface area contributed by atoms with Crippen molar-refractivity contribution in [3.8, 4) is 0 Å². The molecule has 2 rings (SSSR count). The number of aryl methyl sites for hydroxylation is 2. The first kappa shape index (κ1) is 14.0. The molecule has 1 aromatic carbocycles. The van der Waals surface area contributed by atoms with Crippen molar-refractivity contribution in [2.24, 2.45) is 0 Å². The van der Waals surface area contributed by atoms with Crippen molar-refractivity contribution in [2.75, 3.05) is 5.32 Å². The molecule has 19 heavy (non-hydrogen) atoms. The third-order valence-corrected chi connectivity index (χ3v) is 3.70. The molecule has 0 aliphatic rings. The zero-order chi connectivity index (χ0) is 14.2. The number of rotatable bonds is 2. The molecular formula is C14H13Cl2NO2. The van der Waals surface area contributed by atoms with Crippen LogP contribution in [0, 0.1) is 20.8 Å². The van der Waals surface area contributed by atoms with Crippen LogP contribution in [0.1, 0.15) is 27.4 Å². The molecule has 1 amide bonds. The zero-order valence-electron chi connectivity index (χ0n) is 10.8. The summed E-state index contributed by atoms with van der Waals surface area (Å²) in [5, 5.41) is 3.63. The van der Waals surface area contributed by atoms with Gasteiger partial charge in [0.15, 0.2) is 0 Å². The van der Waals surface area contributed by atoms with Gasteiger partial charge in [-0.3, -0.25) is 4.79 Å². The Labute approximate surface area is 121 Å². The molecule has 1 aromatic heterocycles. The van der Waals surface area contributed by atoms with Crippen molar-refractivity contribution in [2.45, 2.75) is 20.8 Å². The number of carbonyl (C=O) groups is 1. The summed E-state index contributed by atoms with van der Waals surface area (Å²) in [7, 11) is 0. The van der Waals surface area contributed by atoms with Crippen LogP contribution in [0.3, 0.4) is 0 Å². The summed E-state index contributed by atoms with van der Waals surface area (Å²) < 4.78 is 5.44. The minimum atomic E-state index is -0.217. The Kier molecular flexibility index (Phi) is 3.88. The van der Waals surface area contributed by atoms with Gasteiger partial charge in [-0.25, -0.2) is 0 Å². The number of carbonyl (C=O) groups excluding carboxylic acids is 1. The molecule has 0 saturated carbocycles. The number of hydrogen-bond acceptors (Lipinski definition) is 2. The summed E-state index contributed by atoms with van der Waals surface area (Å²) in [6.45, 7) is 5.46. The molecule has 0 spiro atoms. The minimum Gasteiger partial charge on any atom is -0.466 e. The molecule has 0 aliphatic carbocycles. The van der Waals surface area contributed by atoms with Gasteiger partial charge < -0.3 is 9.73 Å². The Bertz CT molecular complexity index is 647. The summed E-state index contributed by atoms with van der Waals surface area (Å²) >= 11 is 11.7. The van der Waals surface area contributed by atoms with Crippen LogP contribution in [0.15, 0.2) is 22.6 Å². The molecule has 0 saturated heterocycles. The fourth-order valence-corrected chi connectivity index (χ4v) is 2.19. The SMILES string of the molecule is Cc1oc(C)c(C(=O)Nc2ccc(Cl)c(Cl)c2)c1C. The summed E-state index contributed by atoms with van der Waals surface area (Å²) in [5.41, 5.74) is 2.00. The third kappa shape index (κ3) is 2.77. The van der Waals surface area contributed by atoms with Gasteiger partial charge in [0.2, 0.25) is 0 Å². The number of nitrogens with one attached hydrogen (secondary N) is 1. The highest BCUT2D eigenvalue weighted by Gasteiger charge is 2.18. The van der Waals surface area contributed by atoms with Crippen molar-refractivity contribution >= 4 is 34.8 Å². The van der Waals surface area contributed by atoms with E-state index in [-0.39, 0.29) is 5.91 Å². The van der Waals surface area contributed by atoms with E-state index in [0.717, 1.165) is 11.3 Å². The monoisotopic (exact) mass is 297 g/mol. The molecule has 0 aliphatic heterocycles. The maximum Gasteiger partial charge on any atom is 0.259 e. The van der Waals surface area contributed by atoms with Gasteiger partial charge in [-0.05, 0) is 39.0 Å². The lowest BCUT2D eigenvalue weighted by atomic mass is 10.1. The predicted molar refractivity (Wildman–Crippen MR) is 77.3 cm³/mol. The topological polar surface area (TPSA) is 42.2 Å². The van der Waals surface area contributed by atoms with E-state index in [9.17, 15) is 4.79 Å². The molecule has 1 heterocycles. The maximum atomic E-state index is 12.2. The van der Waals surface area contributed by atoms with Gasteiger partial charge in [0, 0.05) is 11.3 Å². The van der Waals surface area contributed by atoms with E-state index >= 15 is 0 Å². The smallest absolute Gasteiger partial charge is 0.259 e. The maximum absolute atomic E-state index is 12.2. The molecular weight excluding hydrogens is 285 g/mol. The average Bonchev–Trinajstić information content (AvgIpc) is 2.58. The minimum absolute atomic E-state index is 0.217. The van der Waals surface area contributed by atoms with Crippen LogP contribution in [-0.2, 0) is 0 Å². The molecule has 0 radical (unpaired) electrons. The Morgan fingerprint density at radius 3 is 2.32 bits per heavy atom. The molecule has 5 heteroatoms. The van der Waals surface area contributed by atoms with Crippen LogP contribution in [0.5, 0.6) is 0 Å². The lowest BCUT2D eigenvalue weighted by Gasteiger charge is -2.06. The van der Waals surface area contributed by atoms with Crippen LogP contribution in [0.4, 0.5) is 5.69 Å². The Balaban J connectivity index is 2.28. The fourth-order valence-electron chi connectivity index (χ4n) is 1.89. The number of amides is 1. The molecule has 100 valence electrons. The van der Waals surface area contributed by atoms with Crippen LogP contribution in [-0.4, -0.2) is 5.91 Å². The van der Waals surface area contributed by atoms with Crippen LogP contribution >= 0.6 is 23.2 Å². The van der Waals surface area contributed by atoms with E-state index in [1.165, 1.54) is 0 Å². The zero-order valence-corrected chi connectivity index (χ0v) is 12.3. The van der Waals surface area contributed by atoms with E-state index in [0.29, 0.717) is 27.1 Å². The molecule has 2 aromatic rings. The van der Waals surface area contributed by atoms with Gasteiger partial charge >= 0.3 is 0 Å². The second kappa shape index (κ2) is 5.27. The van der Waals surface area contributed by atoms with E-state index < -0.39 is 0 Å². The molecule has 0 fully saturated rings. The first-order valence-corrected chi connectivity index (χ1v) is 6.48. The molecule has 0 atom stereocenters. The van der Waals surface area contributed by atoms with Gasteiger partial charge in [0.25, 0.3) is 5.91 Å². The average molecular weight is 298 g/mol. The first-order valence-electron chi connectivity index (χ1n) is 5.73. The Hall–Kier alpha value is -1.45. The van der Waals surface area contributed by atoms with Crippen LogP contribution in [0.25, 0.3) is 0 Å². The fraction of sp³-hybridized carbons (Fsp3) is 0.214. The number of anilines is 1. The van der Waals surface area contributed by atoms with E-state index in [1.54, 1.807) is 25.1 Å². The molecule has 3 nitrogen and oxygen atoms in total. The summed E-state index contributed by atoms with van der Waals surface area (Å²) in [6.07, 6.45) is 0. The summed E-state index contributed by atoms with van der Waals surface area (Å²) in [5.74, 6) is 1.13. The van der Waals surface area contributed by atoms with Crippen molar-refractivity contribution in [3.63, 3.8) is 0 Å². The molecule has 0 unspecified atom stereocenters. The van der Waals surface area contributed by atoms with Gasteiger partial charge in [-0.2, -0.15) is 0 Å².